The van der Waals surface area contributed by atoms with Gasteiger partial charge in [-0.2, -0.15) is 13.2 Å². The molecule has 1 aliphatic carbocycles. The Kier molecular flexibility index (Phi) is 4.12. The molecule has 122 valence electrons. The fourth-order valence-electron chi connectivity index (χ4n) is 2.62. The topological polar surface area (TPSA) is 47.5 Å². The first-order valence-corrected chi connectivity index (χ1v) is 7.34. The summed E-state index contributed by atoms with van der Waals surface area (Å²) in [6.07, 6.45) is -1.69. The minimum Gasteiger partial charge on any atom is -0.467 e. The maximum absolute atomic E-state index is 12.1. The molecule has 2 aliphatic rings. The van der Waals surface area contributed by atoms with Crippen molar-refractivity contribution < 1.29 is 22.6 Å². The second-order valence-corrected chi connectivity index (χ2v) is 5.86. The molecule has 5 nitrogen and oxygen atoms in total. The van der Waals surface area contributed by atoms with Gasteiger partial charge in [0.15, 0.2) is 12.4 Å². The summed E-state index contributed by atoms with van der Waals surface area (Å²) in [7, 11) is 0. The van der Waals surface area contributed by atoms with Crippen LogP contribution in [0.5, 0.6) is 5.88 Å². The zero-order chi connectivity index (χ0) is 15.7. The van der Waals surface area contributed by atoms with Gasteiger partial charge in [-0.05, 0) is 31.7 Å². The lowest BCUT2D eigenvalue weighted by Crippen LogP contribution is -2.47. The van der Waals surface area contributed by atoms with E-state index in [4.69, 9.17) is 4.74 Å². The standard InChI is InChI=1S/C14H18F3N3O2/c1-9-6-20(7-11(22-9)10-2-3-10)12-4-5-13(19-18-12)21-8-14(15,16)17/h4-5,9-11H,2-3,6-8H2,1H3/t9-,11+/m1/s1. The third kappa shape index (κ3) is 4.00. The van der Waals surface area contributed by atoms with Crippen molar-refractivity contribution in [1.29, 1.82) is 0 Å². The molecular weight excluding hydrogens is 299 g/mol. The van der Waals surface area contributed by atoms with Gasteiger partial charge in [0.05, 0.1) is 12.2 Å². The Bertz CT molecular complexity index is 505. The van der Waals surface area contributed by atoms with Crippen LogP contribution in [0.1, 0.15) is 19.8 Å². The minimum atomic E-state index is -4.38. The largest absolute Gasteiger partial charge is 0.467 e. The molecule has 1 aliphatic heterocycles. The van der Waals surface area contributed by atoms with E-state index < -0.39 is 12.8 Å². The SMILES string of the molecule is C[C@@H]1CN(c2ccc(OCC(F)(F)F)nn2)C[C@@H](C2CC2)O1. The Balaban J connectivity index is 1.61. The molecule has 0 unspecified atom stereocenters. The highest BCUT2D eigenvalue weighted by molar-refractivity contribution is 5.39. The van der Waals surface area contributed by atoms with Gasteiger partial charge in [0, 0.05) is 19.2 Å². The van der Waals surface area contributed by atoms with Crippen molar-refractivity contribution in [3.63, 3.8) is 0 Å². The highest BCUT2D eigenvalue weighted by Gasteiger charge is 2.37. The lowest BCUT2D eigenvalue weighted by Gasteiger charge is -2.37. The van der Waals surface area contributed by atoms with Crippen LogP contribution in [-0.4, -0.2) is 48.3 Å². The van der Waals surface area contributed by atoms with E-state index >= 15 is 0 Å². The molecular formula is C14H18F3N3O2. The van der Waals surface area contributed by atoms with Crippen LogP contribution in [0, 0.1) is 5.92 Å². The summed E-state index contributed by atoms with van der Waals surface area (Å²) >= 11 is 0. The molecule has 0 amide bonds. The van der Waals surface area contributed by atoms with E-state index in [0.717, 1.165) is 6.54 Å². The molecule has 1 saturated carbocycles. The van der Waals surface area contributed by atoms with Crippen molar-refractivity contribution in [1.82, 2.24) is 10.2 Å². The Morgan fingerprint density at radius 2 is 2.05 bits per heavy atom. The number of hydrogen-bond donors (Lipinski definition) is 0. The number of rotatable bonds is 4. The van der Waals surface area contributed by atoms with Crippen LogP contribution in [0.15, 0.2) is 12.1 Å². The first-order valence-electron chi connectivity index (χ1n) is 7.34. The number of aromatic nitrogens is 2. The van der Waals surface area contributed by atoms with E-state index in [9.17, 15) is 13.2 Å². The minimum absolute atomic E-state index is 0.0994. The number of alkyl halides is 3. The van der Waals surface area contributed by atoms with E-state index in [-0.39, 0.29) is 18.1 Å². The third-order valence-electron chi connectivity index (χ3n) is 3.77. The highest BCUT2D eigenvalue weighted by Crippen LogP contribution is 2.37. The lowest BCUT2D eigenvalue weighted by atomic mass is 10.1. The average molecular weight is 317 g/mol. The van der Waals surface area contributed by atoms with Gasteiger partial charge >= 0.3 is 6.18 Å². The number of morpholine rings is 1. The van der Waals surface area contributed by atoms with Crippen LogP contribution in [0.3, 0.4) is 0 Å². The Labute approximate surface area is 126 Å². The van der Waals surface area contributed by atoms with Crippen LogP contribution in [0.25, 0.3) is 0 Å². The van der Waals surface area contributed by atoms with Gasteiger partial charge in [-0.15, -0.1) is 10.2 Å². The number of halogens is 3. The van der Waals surface area contributed by atoms with Gasteiger partial charge < -0.3 is 14.4 Å². The summed E-state index contributed by atoms with van der Waals surface area (Å²) < 4.78 is 46.7. The summed E-state index contributed by atoms with van der Waals surface area (Å²) in [5.41, 5.74) is 0. The van der Waals surface area contributed by atoms with Crippen LogP contribution in [-0.2, 0) is 4.74 Å². The Morgan fingerprint density at radius 1 is 1.27 bits per heavy atom. The molecule has 0 N–H and O–H groups in total. The second-order valence-electron chi connectivity index (χ2n) is 5.86. The quantitative estimate of drug-likeness (QED) is 0.853. The molecule has 2 atom stereocenters. The zero-order valence-corrected chi connectivity index (χ0v) is 12.2. The van der Waals surface area contributed by atoms with E-state index in [1.165, 1.54) is 18.9 Å². The van der Waals surface area contributed by atoms with Gasteiger partial charge in [-0.3, -0.25) is 0 Å². The monoisotopic (exact) mass is 317 g/mol. The van der Waals surface area contributed by atoms with Crippen LogP contribution >= 0.6 is 0 Å². The summed E-state index contributed by atoms with van der Waals surface area (Å²) in [5.74, 6) is 1.13. The maximum Gasteiger partial charge on any atom is 0.422 e. The number of anilines is 1. The van der Waals surface area contributed by atoms with Crippen LogP contribution < -0.4 is 9.64 Å². The van der Waals surface area contributed by atoms with Crippen molar-refractivity contribution in [3.8, 4) is 5.88 Å². The molecule has 0 aromatic carbocycles. The highest BCUT2D eigenvalue weighted by atomic mass is 19.4. The van der Waals surface area contributed by atoms with Crippen molar-refractivity contribution in [2.45, 2.75) is 38.1 Å². The molecule has 1 aromatic heterocycles. The van der Waals surface area contributed by atoms with Gasteiger partial charge in [0.1, 0.15) is 0 Å². The molecule has 22 heavy (non-hydrogen) atoms. The predicted molar refractivity (Wildman–Crippen MR) is 72.9 cm³/mol. The predicted octanol–water partition coefficient (Wildman–Crippen LogP) is 2.42. The molecule has 1 aromatic rings. The molecule has 3 rings (SSSR count). The molecule has 1 saturated heterocycles. The summed E-state index contributed by atoms with van der Waals surface area (Å²) in [4.78, 5) is 2.07. The fourth-order valence-corrected chi connectivity index (χ4v) is 2.62. The van der Waals surface area contributed by atoms with Crippen molar-refractivity contribution >= 4 is 5.82 Å². The van der Waals surface area contributed by atoms with Gasteiger partial charge in [0.2, 0.25) is 5.88 Å². The van der Waals surface area contributed by atoms with Crippen molar-refractivity contribution in [2.24, 2.45) is 5.92 Å². The molecule has 0 bridgehead atoms. The molecule has 0 radical (unpaired) electrons. The van der Waals surface area contributed by atoms with Crippen molar-refractivity contribution in [3.05, 3.63) is 12.1 Å². The number of hydrogen-bond acceptors (Lipinski definition) is 5. The van der Waals surface area contributed by atoms with E-state index in [0.29, 0.717) is 18.3 Å². The maximum atomic E-state index is 12.1. The first-order chi connectivity index (χ1) is 10.4. The molecule has 0 spiro atoms. The van der Waals surface area contributed by atoms with Gasteiger partial charge in [0.25, 0.3) is 0 Å². The van der Waals surface area contributed by atoms with Gasteiger partial charge in [-0.25, -0.2) is 0 Å². The van der Waals surface area contributed by atoms with E-state index in [2.05, 4.69) is 19.8 Å². The molecule has 2 heterocycles. The first kappa shape index (κ1) is 15.3. The van der Waals surface area contributed by atoms with Crippen molar-refractivity contribution in [2.75, 3.05) is 24.6 Å². The van der Waals surface area contributed by atoms with Gasteiger partial charge in [-0.1, -0.05) is 0 Å². The number of ether oxygens (including phenoxy) is 2. The van der Waals surface area contributed by atoms with Crippen LogP contribution in [0.2, 0.25) is 0 Å². The van der Waals surface area contributed by atoms with Crippen LogP contribution in [0.4, 0.5) is 19.0 Å². The second kappa shape index (κ2) is 5.91. The molecule has 8 heteroatoms. The lowest BCUT2D eigenvalue weighted by molar-refractivity contribution is -0.154. The number of nitrogens with zero attached hydrogens (tertiary/aromatic N) is 3. The zero-order valence-electron chi connectivity index (χ0n) is 12.2. The smallest absolute Gasteiger partial charge is 0.422 e. The third-order valence-corrected chi connectivity index (χ3v) is 3.77. The summed E-state index contributed by atoms with van der Waals surface area (Å²) in [5, 5.41) is 7.69. The fraction of sp³-hybridized carbons (Fsp3) is 0.714. The normalized spacial score (nSPS) is 26.1. The average Bonchev–Trinajstić information content (AvgIpc) is 3.29. The summed E-state index contributed by atoms with van der Waals surface area (Å²) in [6.45, 7) is 2.09. The Morgan fingerprint density at radius 3 is 2.64 bits per heavy atom. The van der Waals surface area contributed by atoms with E-state index in [1.807, 2.05) is 6.92 Å². The molecule has 2 fully saturated rings. The summed E-state index contributed by atoms with van der Waals surface area (Å²) in [6, 6.07) is 3.06. The van der Waals surface area contributed by atoms with E-state index in [1.54, 1.807) is 6.07 Å². The Hall–Kier alpha value is -1.57.